The van der Waals surface area contributed by atoms with E-state index in [1.165, 1.54) is 11.1 Å². The number of halogens is 5. The molecule has 55 heavy (non-hydrogen) atoms. The van der Waals surface area contributed by atoms with Crippen molar-refractivity contribution in [1.82, 2.24) is 10.2 Å². The van der Waals surface area contributed by atoms with Crippen LogP contribution in [-0.2, 0) is 14.6 Å². The standard InChI is InChI=1S/C43H64F4IN2O4S/c1-27(2)29-12-19-42(49-34(43(44,45)46)26-50-22-24-55(53,54)25-23-50)21-20-39(6)31(35(29)42)8-9-33-38(5)15-13-30(37(3,4)32(38)14-16-40(33,39)7)28-10-17-41(48-47,18-11-28)36(51)52/h10,13,29,31-35,49H,1,8-9,11-12,14-26H2,2-7H3,(H,51,52)/q-1/t29-,31+,32-,33+,34?,35+,38-,39+,40+,41+,42-/m0/s1. The number of hydrogen-bond donors (Lipinski definition) is 2. The fourth-order valence-corrected chi connectivity index (χ4v) is 17.0. The number of allylic oxidation sites excluding steroid dienone is 5. The fourth-order valence-electron chi connectivity index (χ4n) is 14.7. The van der Waals surface area contributed by atoms with E-state index in [4.69, 9.17) is 0 Å². The second-order valence-corrected chi connectivity index (χ2v) is 25.1. The molecule has 0 aromatic heterocycles. The molecule has 6 nitrogen and oxygen atoms in total. The molecule has 0 spiro atoms. The van der Waals surface area contributed by atoms with Crippen molar-refractivity contribution < 1.29 is 56.1 Å². The van der Waals surface area contributed by atoms with E-state index in [1.807, 2.05) is 6.08 Å². The molecule has 6 aliphatic carbocycles. The minimum absolute atomic E-state index is 0.00960. The van der Waals surface area contributed by atoms with Crippen molar-refractivity contribution in [2.24, 2.45) is 51.2 Å². The first-order valence-electron chi connectivity index (χ1n) is 20.8. The Morgan fingerprint density at radius 3 is 2.24 bits per heavy atom. The van der Waals surface area contributed by atoms with E-state index in [-0.39, 0.29) is 77.0 Å². The van der Waals surface area contributed by atoms with Crippen molar-refractivity contribution >= 4 is 15.8 Å². The molecule has 1 aliphatic heterocycles. The quantitative estimate of drug-likeness (QED) is 0.133. The van der Waals surface area contributed by atoms with Crippen LogP contribution in [0.1, 0.15) is 119 Å². The van der Waals surface area contributed by atoms with Gasteiger partial charge < -0.3 is 0 Å². The number of alkyl halides is 4. The summed E-state index contributed by atoms with van der Waals surface area (Å²) in [5, 5.41) is 13.2. The largest absolute Gasteiger partial charge is 0.0131 e. The van der Waals surface area contributed by atoms with Gasteiger partial charge in [-0.3, -0.25) is 10.2 Å². The third-order valence-corrected chi connectivity index (χ3v) is 21.5. The van der Waals surface area contributed by atoms with E-state index in [1.54, 1.807) is 4.90 Å². The van der Waals surface area contributed by atoms with E-state index in [0.717, 1.165) is 50.5 Å². The predicted molar refractivity (Wildman–Crippen MR) is 204 cm³/mol. The summed E-state index contributed by atoms with van der Waals surface area (Å²) in [5.74, 6) is 0.159. The summed E-state index contributed by atoms with van der Waals surface area (Å²) < 4.78 is 82.1. The Hall–Kier alpha value is -0.990. The summed E-state index contributed by atoms with van der Waals surface area (Å²) in [6, 6.07) is -1.73. The van der Waals surface area contributed by atoms with Gasteiger partial charge in [0.1, 0.15) is 6.04 Å². The van der Waals surface area contributed by atoms with Gasteiger partial charge in [-0.05, 0) is 38.0 Å². The summed E-state index contributed by atoms with van der Waals surface area (Å²) in [6.07, 6.45) is 9.49. The molecule has 7 aliphatic rings. The number of aliphatic carboxylic acids is 1. The van der Waals surface area contributed by atoms with Crippen LogP contribution >= 0.6 is 0 Å². The molecule has 312 valence electrons. The zero-order chi connectivity index (χ0) is 40.2. The van der Waals surface area contributed by atoms with Crippen molar-refractivity contribution in [3.8, 4) is 0 Å². The Kier molecular flexibility index (Phi) is 10.8. The number of rotatable bonds is 8. The normalized spacial score (nSPS) is 44.6. The Bertz CT molecular complexity index is 1730. The molecule has 1 heterocycles. The third-order valence-electron chi connectivity index (χ3n) is 17.7. The van der Waals surface area contributed by atoms with Gasteiger partial charge in [0.15, 0.2) is 9.84 Å². The van der Waals surface area contributed by atoms with E-state index < -0.39 is 58.8 Å². The van der Waals surface area contributed by atoms with Gasteiger partial charge in [0.2, 0.25) is 0 Å². The maximum atomic E-state index is 15.0. The molecule has 0 aromatic carbocycles. The van der Waals surface area contributed by atoms with Gasteiger partial charge in [-0.2, -0.15) is 13.2 Å². The summed E-state index contributed by atoms with van der Waals surface area (Å²) in [6.45, 7) is 18.8. The summed E-state index contributed by atoms with van der Waals surface area (Å²) in [5.41, 5.74) is 2.82. The molecule has 7 rings (SSSR count). The number of nitrogens with zero attached hydrogens (tertiary/aromatic N) is 1. The molecule has 1 unspecified atom stereocenters. The van der Waals surface area contributed by atoms with Crippen LogP contribution in [0, 0.1) is 51.2 Å². The number of sulfone groups is 1. The van der Waals surface area contributed by atoms with Crippen LogP contribution in [0.5, 0.6) is 0 Å². The van der Waals surface area contributed by atoms with Gasteiger partial charge in [-0.1, -0.05) is 12.2 Å². The first-order valence-corrected chi connectivity index (χ1v) is 24.5. The van der Waals surface area contributed by atoms with Gasteiger partial charge in [0.25, 0.3) is 0 Å². The molecule has 12 heteroatoms. The van der Waals surface area contributed by atoms with E-state index in [0.29, 0.717) is 37.5 Å². The van der Waals surface area contributed by atoms with Crippen LogP contribution in [0.4, 0.5) is 16.0 Å². The van der Waals surface area contributed by atoms with Gasteiger partial charge >= 0.3 is 205 Å². The average Bonchev–Trinajstić information content (AvgIpc) is 3.48. The topological polar surface area (TPSA) is 86.7 Å². The third kappa shape index (κ3) is 6.65. The van der Waals surface area contributed by atoms with Gasteiger partial charge in [-0.25, -0.2) is 8.42 Å². The Morgan fingerprint density at radius 1 is 0.964 bits per heavy atom. The molecule has 0 aromatic rings. The molecule has 0 amide bonds. The van der Waals surface area contributed by atoms with Crippen LogP contribution in [0.3, 0.4) is 0 Å². The summed E-state index contributed by atoms with van der Waals surface area (Å²) in [7, 11) is -3.20. The maximum Gasteiger partial charge on any atom is -0.0131 e. The second-order valence-electron chi connectivity index (χ2n) is 20.4. The van der Waals surface area contributed by atoms with Crippen LogP contribution in [0.25, 0.3) is 0 Å². The van der Waals surface area contributed by atoms with Crippen LogP contribution < -0.4 is 27.1 Å². The van der Waals surface area contributed by atoms with Gasteiger partial charge in [-0.15, -0.1) is 0 Å². The van der Waals surface area contributed by atoms with Crippen molar-refractivity contribution in [2.75, 3.05) is 31.1 Å². The second kappa shape index (κ2) is 14.1. The smallest absolute Gasteiger partial charge is 0.0131 e. The fraction of sp³-hybridized carbons (Fsp3) is 0.837. The van der Waals surface area contributed by atoms with Crippen molar-refractivity contribution in [3.63, 3.8) is 0 Å². The molecule has 0 radical (unpaired) electrons. The number of carboxylic acid groups (broad SMARTS) is 1. The number of hydrogen-bond acceptors (Lipinski definition) is 5. The minimum atomic E-state index is -4.46. The maximum absolute atomic E-state index is 15.0. The molecule has 5 fully saturated rings. The summed E-state index contributed by atoms with van der Waals surface area (Å²) in [4.78, 5) is 13.7. The minimum Gasteiger partial charge on any atom is -0.0131 e. The van der Waals surface area contributed by atoms with E-state index in [2.05, 4.69) is 59.5 Å². The Labute approximate surface area is 338 Å². The van der Waals surface area contributed by atoms with Crippen molar-refractivity contribution in [3.05, 3.63) is 35.5 Å². The molecule has 1 saturated heterocycles. The average molecular weight is 908 g/mol. The van der Waals surface area contributed by atoms with Gasteiger partial charge in [0, 0.05) is 25.2 Å². The monoisotopic (exact) mass is 907 g/mol. The van der Waals surface area contributed by atoms with Crippen LogP contribution in [-0.4, -0.2) is 76.7 Å². The number of carboxylic acids is 1. The van der Waals surface area contributed by atoms with Gasteiger partial charge in [0.05, 0.1) is 11.5 Å². The molecule has 0 bridgehead atoms. The van der Waals surface area contributed by atoms with Crippen LogP contribution in [0.15, 0.2) is 35.5 Å². The number of nitrogens with one attached hydrogen (secondary N) is 1. The SMILES string of the molecule is C=C(C)[C@@H]1CC[C@]2(NC(CN3CCS(=O)(=O)CC3)C(F)(F)F)CC[C@]3(C)[C@H](CC[C@@H]4[C@@]5(C)CC=C(C6=CC[C@]([I-]F)(C(=O)O)CC6)C(C)(C)[C@@H]5CC[C@]43C)[C@@H]12. The Balaban J connectivity index is 1.17. The summed E-state index contributed by atoms with van der Waals surface area (Å²) >= 11 is -1.93. The first kappa shape index (κ1) is 42.1. The zero-order valence-electron chi connectivity index (χ0n) is 33.8. The van der Waals surface area contributed by atoms with E-state index >= 15 is 13.2 Å². The van der Waals surface area contributed by atoms with Crippen molar-refractivity contribution in [2.45, 2.75) is 140 Å². The van der Waals surface area contributed by atoms with Crippen molar-refractivity contribution in [1.29, 1.82) is 0 Å². The van der Waals surface area contributed by atoms with E-state index in [9.17, 15) is 21.2 Å². The molecule has 2 N–H and O–H groups in total. The molecular formula is C43H64F4IN2O4S-. The Morgan fingerprint density at radius 2 is 1.65 bits per heavy atom. The molecule has 11 atom stereocenters. The van der Waals surface area contributed by atoms with Crippen LogP contribution in [0.2, 0.25) is 0 Å². The first-order chi connectivity index (χ1) is 25.5. The zero-order valence-corrected chi connectivity index (χ0v) is 36.7. The number of carbonyl (C=O) groups is 1. The predicted octanol–water partition coefficient (Wildman–Crippen LogP) is 6.09. The molecular weight excluding hydrogens is 843 g/mol. The molecule has 4 saturated carbocycles. The number of fused-ring (bicyclic) bond motifs is 7.